The Kier molecular flexibility index (Phi) is 12.1. The van der Waals surface area contributed by atoms with E-state index >= 15 is 0 Å². The molecule has 2 amide bonds. The van der Waals surface area contributed by atoms with Crippen molar-refractivity contribution >= 4 is 50.7 Å². The van der Waals surface area contributed by atoms with E-state index in [0.29, 0.717) is 22.9 Å². The van der Waals surface area contributed by atoms with Gasteiger partial charge in [0.15, 0.2) is 0 Å². The van der Waals surface area contributed by atoms with Crippen LogP contribution in [0.5, 0.6) is 5.75 Å². The maximum atomic E-state index is 14.6. The van der Waals surface area contributed by atoms with Gasteiger partial charge in [0.25, 0.3) is 10.0 Å². The first kappa shape index (κ1) is 36.7. The molecule has 0 spiro atoms. The standard InChI is InChI=1S/C36H38Cl2FN3O5S/c1-5-47-29-16-14-28(15-17-29)42(48(45,46)30-18-12-27(39)13-19-30)24-34(43)41(23-26-11-20-31(37)32(38)21-26)33(35(44)40-36(2,3)4)22-25-9-7-6-8-10-25/h6-21,33H,5,22-24H2,1-4H3,(H,40,44)/t33-/m0/s1. The van der Waals surface area contributed by atoms with Gasteiger partial charge in [0.1, 0.15) is 24.2 Å². The third-order valence-electron chi connectivity index (χ3n) is 7.22. The van der Waals surface area contributed by atoms with E-state index in [-0.39, 0.29) is 28.6 Å². The molecule has 0 aliphatic rings. The summed E-state index contributed by atoms with van der Waals surface area (Å²) in [5.41, 5.74) is 0.906. The van der Waals surface area contributed by atoms with Crippen molar-refractivity contribution in [3.05, 3.63) is 124 Å². The Labute approximate surface area is 291 Å². The highest BCUT2D eigenvalue weighted by Gasteiger charge is 2.35. The van der Waals surface area contributed by atoms with Gasteiger partial charge in [0.2, 0.25) is 11.8 Å². The molecule has 254 valence electrons. The van der Waals surface area contributed by atoms with Gasteiger partial charge in [0, 0.05) is 18.5 Å². The topological polar surface area (TPSA) is 96.0 Å². The van der Waals surface area contributed by atoms with E-state index in [9.17, 15) is 22.4 Å². The summed E-state index contributed by atoms with van der Waals surface area (Å²) in [4.78, 5) is 29.7. The number of sulfonamides is 1. The largest absolute Gasteiger partial charge is 0.494 e. The molecule has 0 aliphatic carbocycles. The van der Waals surface area contributed by atoms with Crippen molar-refractivity contribution in [1.82, 2.24) is 10.2 Å². The summed E-state index contributed by atoms with van der Waals surface area (Å²) >= 11 is 12.5. The van der Waals surface area contributed by atoms with Gasteiger partial charge in [-0.25, -0.2) is 12.8 Å². The number of ether oxygens (including phenoxy) is 1. The van der Waals surface area contributed by atoms with E-state index in [0.717, 1.165) is 34.1 Å². The molecular formula is C36H38Cl2FN3O5S. The van der Waals surface area contributed by atoms with Gasteiger partial charge in [0.05, 0.1) is 27.2 Å². The fourth-order valence-electron chi connectivity index (χ4n) is 4.98. The number of benzene rings is 4. The third kappa shape index (κ3) is 9.71. The number of amides is 2. The molecule has 0 fully saturated rings. The number of nitrogens with zero attached hydrogens (tertiary/aromatic N) is 2. The number of carbonyl (C=O) groups is 2. The quantitative estimate of drug-likeness (QED) is 0.157. The lowest BCUT2D eigenvalue weighted by atomic mass is 10.0. The zero-order chi connectivity index (χ0) is 35.1. The lowest BCUT2D eigenvalue weighted by Crippen LogP contribution is -2.56. The Morgan fingerprint density at radius 3 is 2.10 bits per heavy atom. The summed E-state index contributed by atoms with van der Waals surface area (Å²) in [7, 11) is -4.40. The first-order valence-electron chi connectivity index (χ1n) is 15.3. The molecule has 1 atom stereocenters. The molecule has 0 bridgehead atoms. The van der Waals surface area contributed by atoms with Crippen molar-refractivity contribution in [3.8, 4) is 5.75 Å². The molecule has 4 aromatic carbocycles. The van der Waals surface area contributed by atoms with Gasteiger partial charge in [-0.05, 0) is 99.5 Å². The Bertz CT molecular complexity index is 1820. The van der Waals surface area contributed by atoms with Crippen LogP contribution in [0.4, 0.5) is 10.1 Å². The summed E-state index contributed by atoms with van der Waals surface area (Å²) in [5.74, 6) is -1.19. The molecule has 12 heteroatoms. The summed E-state index contributed by atoms with van der Waals surface area (Å²) < 4.78 is 48.5. The predicted octanol–water partition coefficient (Wildman–Crippen LogP) is 7.28. The zero-order valence-electron chi connectivity index (χ0n) is 27.1. The molecule has 48 heavy (non-hydrogen) atoms. The van der Waals surface area contributed by atoms with Crippen LogP contribution in [0.1, 0.15) is 38.8 Å². The second-order valence-electron chi connectivity index (χ2n) is 12.1. The molecule has 0 saturated heterocycles. The summed E-state index contributed by atoms with van der Waals surface area (Å²) in [6.07, 6.45) is 0.142. The van der Waals surface area contributed by atoms with E-state index in [1.54, 1.807) is 30.3 Å². The van der Waals surface area contributed by atoms with E-state index in [1.807, 2.05) is 58.0 Å². The summed E-state index contributed by atoms with van der Waals surface area (Å²) in [5, 5.41) is 3.56. The van der Waals surface area contributed by atoms with Crippen molar-refractivity contribution in [3.63, 3.8) is 0 Å². The van der Waals surface area contributed by atoms with Crippen LogP contribution in [0.2, 0.25) is 10.0 Å². The number of nitrogens with one attached hydrogen (secondary N) is 1. The monoisotopic (exact) mass is 713 g/mol. The number of hydrogen-bond donors (Lipinski definition) is 1. The van der Waals surface area contributed by atoms with Gasteiger partial charge in [-0.1, -0.05) is 59.6 Å². The number of anilines is 1. The minimum absolute atomic E-state index is 0.0848. The number of halogens is 3. The first-order chi connectivity index (χ1) is 22.7. The maximum Gasteiger partial charge on any atom is 0.264 e. The average molecular weight is 715 g/mol. The molecule has 8 nitrogen and oxygen atoms in total. The predicted molar refractivity (Wildman–Crippen MR) is 187 cm³/mol. The molecule has 0 unspecified atom stereocenters. The smallest absolute Gasteiger partial charge is 0.264 e. The average Bonchev–Trinajstić information content (AvgIpc) is 3.03. The fraction of sp³-hybridized carbons (Fsp3) is 0.278. The normalized spacial score (nSPS) is 12.2. The van der Waals surface area contributed by atoms with E-state index < -0.39 is 45.8 Å². The molecule has 4 aromatic rings. The van der Waals surface area contributed by atoms with Crippen LogP contribution in [0.3, 0.4) is 0 Å². The number of rotatable bonds is 13. The molecule has 4 rings (SSSR count). The van der Waals surface area contributed by atoms with Crippen LogP contribution in [0, 0.1) is 5.82 Å². The van der Waals surface area contributed by atoms with Crippen LogP contribution in [0.15, 0.2) is 102 Å². The van der Waals surface area contributed by atoms with Gasteiger partial charge >= 0.3 is 0 Å². The highest BCUT2D eigenvalue weighted by atomic mass is 35.5. The van der Waals surface area contributed by atoms with Gasteiger partial charge < -0.3 is 15.0 Å². The molecule has 0 heterocycles. The van der Waals surface area contributed by atoms with Crippen molar-refractivity contribution in [2.45, 2.75) is 57.1 Å². The maximum absolute atomic E-state index is 14.6. The van der Waals surface area contributed by atoms with E-state index in [4.69, 9.17) is 27.9 Å². The Morgan fingerprint density at radius 2 is 1.52 bits per heavy atom. The second kappa shape index (κ2) is 15.9. The van der Waals surface area contributed by atoms with Gasteiger partial charge in [-0.2, -0.15) is 0 Å². The fourth-order valence-corrected chi connectivity index (χ4v) is 6.71. The molecule has 0 radical (unpaired) electrons. The first-order valence-corrected chi connectivity index (χ1v) is 17.5. The Hall–Kier alpha value is -4.12. The number of carbonyl (C=O) groups excluding carboxylic acids is 2. The minimum Gasteiger partial charge on any atom is -0.494 e. The van der Waals surface area contributed by atoms with E-state index in [1.165, 1.54) is 17.0 Å². The molecular weight excluding hydrogens is 676 g/mol. The van der Waals surface area contributed by atoms with Gasteiger partial charge in [-0.3, -0.25) is 13.9 Å². The molecule has 0 aromatic heterocycles. The molecule has 1 N–H and O–H groups in total. The highest BCUT2D eigenvalue weighted by molar-refractivity contribution is 7.92. The summed E-state index contributed by atoms with van der Waals surface area (Å²) in [6.45, 7) is 6.96. The van der Waals surface area contributed by atoms with Crippen LogP contribution in [-0.4, -0.2) is 49.9 Å². The second-order valence-corrected chi connectivity index (χ2v) is 14.8. The Balaban J connectivity index is 1.83. The highest BCUT2D eigenvalue weighted by Crippen LogP contribution is 2.28. The molecule has 0 saturated carbocycles. The third-order valence-corrected chi connectivity index (χ3v) is 9.75. The van der Waals surface area contributed by atoms with Crippen LogP contribution >= 0.6 is 23.2 Å². The lowest BCUT2D eigenvalue weighted by molar-refractivity contribution is -0.140. The summed E-state index contributed by atoms with van der Waals surface area (Å²) in [6, 6.07) is 23.6. The van der Waals surface area contributed by atoms with E-state index in [2.05, 4.69) is 5.32 Å². The lowest BCUT2D eigenvalue weighted by Gasteiger charge is -2.35. The van der Waals surface area contributed by atoms with Crippen molar-refractivity contribution in [2.75, 3.05) is 17.5 Å². The number of hydrogen-bond acceptors (Lipinski definition) is 5. The molecule has 0 aliphatic heterocycles. The van der Waals surface area contributed by atoms with Crippen molar-refractivity contribution in [2.24, 2.45) is 0 Å². The zero-order valence-corrected chi connectivity index (χ0v) is 29.4. The van der Waals surface area contributed by atoms with Crippen LogP contribution in [-0.2, 0) is 32.6 Å². The van der Waals surface area contributed by atoms with Crippen molar-refractivity contribution < 1.29 is 27.1 Å². The van der Waals surface area contributed by atoms with Crippen LogP contribution in [0.25, 0.3) is 0 Å². The van der Waals surface area contributed by atoms with Gasteiger partial charge in [-0.15, -0.1) is 0 Å². The minimum atomic E-state index is -4.40. The SMILES string of the molecule is CCOc1ccc(N(CC(=O)N(Cc2ccc(Cl)c(Cl)c2)[C@@H](Cc2ccccc2)C(=O)NC(C)(C)C)S(=O)(=O)c2ccc(F)cc2)cc1. The van der Waals surface area contributed by atoms with Crippen molar-refractivity contribution in [1.29, 1.82) is 0 Å². The Morgan fingerprint density at radius 1 is 0.875 bits per heavy atom. The van der Waals surface area contributed by atoms with Crippen LogP contribution < -0.4 is 14.4 Å².